The molecule has 1 aliphatic rings. The van der Waals surface area contributed by atoms with Crippen molar-refractivity contribution in [2.45, 2.75) is 0 Å². The highest BCUT2D eigenvalue weighted by atomic mass is 16.5. The third-order valence-electron chi connectivity index (χ3n) is 4.76. The first-order chi connectivity index (χ1) is 13.7. The summed E-state index contributed by atoms with van der Waals surface area (Å²) in [5, 5.41) is 15.9. The van der Waals surface area contributed by atoms with Crippen molar-refractivity contribution in [3.05, 3.63) is 71.8 Å². The van der Waals surface area contributed by atoms with Gasteiger partial charge in [-0.15, -0.1) is 0 Å². The van der Waals surface area contributed by atoms with Gasteiger partial charge < -0.3 is 14.7 Å². The van der Waals surface area contributed by atoms with Gasteiger partial charge in [0, 0.05) is 18.8 Å². The second kappa shape index (κ2) is 8.10. The molecule has 1 aliphatic heterocycles. The van der Waals surface area contributed by atoms with Crippen LogP contribution in [0.1, 0.15) is 15.9 Å². The van der Waals surface area contributed by atoms with Crippen LogP contribution in [0.4, 0.5) is 5.69 Å². The molecule has 0 bridgehead atoms. The minimum absolute atomic E-state index is 0.0683. The van der Waals surface area contributed by atoms with Gasteiger partial charge in [-0.1, -0.05) is 36.4 Å². The molecule has 0 aliphatic carbocycles. The minimum Gasteiger partial charge on any atom is -0.507 e. The van der Waals surface area contributed by atoms with E-state index in [1.807, 2.05) is 48.5 Å². The highest BCUT2D eigenvalue weighted by Gasteiger charge is 2.12. The van der Waals surface area contributed by atoms with Crippen molar-refractivity contribution in [1.29, 1.82) is 0 Å². The van der Waals surface area contributed by atoms with E-state index in [1.165, 1.54) is 0 Å². The van der Waals surface area contributed by atoms with Crippen LogP contribution in [0.3, 0.4) is 0 Å². The number of benzene rings is 3. The first-order valence-electron chi connectivity index (χ1n) is 9.19. The van der Waals surface area contributed by atoms with Crippen molar-refractivity contribution in [2.75, 3.05) is 31.2 Å². The lowest BCUT2D eigenvalue weighted by Crippen LogP contribution is -2.36. The summed E-state index contributed by atoms with van der Waals surface area (Å²) in [7, 11) is 0. The topological polar surface area (TPSA) is 74.2 Å². The summed E-state index contributed by atoms with van der Waals surface area (Å²) >= 11 is 0. The Labute approximate surface area is 163 Å². The Morgan fingerprint density at radius 2 is 1.71 bits per heavy atom. The molecule has 1 heterocycles. The molecule has 3 aromatic carbocycles. The number of morpholine rings is 1. The molecule has 0 atom stereocenters. The average Bonchev–Trinajstić information content (AvgIpc) is 2.74. The number of hydrogen-bond donors (Lipinski definition) is 2. The Morgan fingerprint density at radius 1 is 1.04 bits per heavy atom. The van der Waals surface area contributed by atoms with Crippen molar-refractivity contribution in [3.63, 3.8) is 0 Å². The Balaban J connectivity index is 1.41. The maximum absolute atomic E-state index is 12.4. The highest BCUT2D eigenvalue weighted by molar-refractivity contribution is 6.01. The number of phenolic OH excluding ortho intramolecular Hbond substituents is 1. The normalized spacial score (nSPS) is 14.5. The molecule has 4 rings (SSSR count). The lowest BCUT2D eigenvalue weighted by atomic mass is 10.1. The molecule has 1 saturated heterocycles. The summed E-state index contributed by atoms with van der Waals surface area (Å²) in [6, 6.07) is 18.8. The van der Waals surface area contributed by atoms with Crippen LogP contribution in [0.25, 0.3) is 10.8 Å². The molecule has 1 amide bonds. The average molecular weight is 375 g/mol. The van der Waals surface area contributed by atoms with Crippen LogP contribution in [0.15, 0.2) is 65.8 Å². The van der Waals surface area contributed by atoms with Gasteiger partial charge >= 0.3 is 0 Å². The van der Waals surface area contributed by atoms with E-state index >= 15 is 0 Å². The third kappa shape index (κ3) is 3.97. The van der Waals surface area contributed by atoms with Crippen molar-refractivity contribution >= 4 is 28.6 Å². The lowest BCUT2D eigenvalue weighted by molar-refractivity contribution is 0.0952. The van der Waals surface area contributed by atoms with Crippen molar-refractivity contribution in [3.8, 4) is 5.75 Å². The van der Waals surface area contributed by atoms with Gasteiger partial charge in [0.15, 0.2) is 0 Å². The molecular formula is C22H21N3O3. The molecule has 2 N–H and O–H groups in total. The number of hydrogen-bond acceptors (Lipinski definition) is 5. The van der Waals surface area contributed by atoms with Crippen LogP contribution in [-0.4, -0.2) is 43.5 Å². The van der Waals surface area contributed by atoms with Gasteiger partial charge in [-0.25, -0.2) is 5.43 Å². The number of amides is 1. The zero-order valence-electron chi connectivity index (χ0n) is 15.3. The highest BCUT2D eigenvalue weighted by Crippen LogP contribution is 2.24. The molecule has 6 heteroatoms. The number of fused-ring (bicyclic) bond motifs is 1. The Bertz CT molecular complexity index is 1010. The predicted octanol–water partition coefficient (Wildman–Crippen LogP) is 3.15. The number of carbonyl (C=O) groups is 1. The molecule has 0 spiro atoms. The van der Waals surface area contributed by atoms with Crippen LogP contribution < -0.4 is 10.3 Å². The Kier molecular flexibility index (Phi) is 5.21. The van der Waals surface area contributed by atoms with Crippen LogP contribution in [0.5, 0.6) is 5.75 Å². The van der Waals surface area contributed by atoms with Crippen LogP contribution in [0, 0.1) is 0 Å². The first kappa shape index (κ1) is 18.0. The van der Waals surface area contributed by atoms with E-state index in [2.05, 4.69) is 15.4 Å². The molecule has 6 nitrogen and oxygen atoms in total. The number of phenols is 1. The van der Waals surface area contributed by atoms with Crippen LogP contribution in [0.2, 0.25) is 0 Å². The smallest absolute Gasteiger partial charge is 0.275 e. The van der Waals surface area contributed by atoms with Gasteiger partial charge in [0.1, 0.15) is 5.75 Å². The molecule has 0 radical (unpaired) electrons. The number of rotatable bonds is 4. The van der Waals surface area contributed by atoms with E-state index in [0.717, 1.165) is 48.3 Å². The van der Waals surface area contributed by atoms with Gasteiger partial charge in [-0.2, -0.15) is 5.10 Å². The number of ether oxygens (including phenoxy) is 1. The third-order valence-corrected chi connectivity index (χ3v) is 4.76. The molecular weight excluding hydrogens is 354 g/mol. The number of carbonyl (C=O) groups excluding carboxylic acids is 1. The quantitative estimate of drug-likeness (QED) is 0.543. The monoisotopic (exact) mass is 375 g/mol. The number of hydrazone groups is 1. The molecule has 28 heavy (non-hydrogen) atoms. The number of aromatic hydroxyl groups is 1. The van der Waals surface area contributed by atoms with Gasteiger partial charge in [0.25, 0.3) is 5.91 Å². The first-order valence-corrected chi connectivity index (χ1v) is 9.19. The standard InChI is InChI=1S/C22H21N3O3/c26-21-14-18-4-2-1-3-17(18)13-20(21)22(27)24-23-15-16-5-7-19(8-6-16)25-9-11-28-12-10-25/h1-8,13-15,26H,9-12H2,(H,24,27). The molecule has 1 fully saturated rings. The molecule has 0 aromatic heterocycles. The minimum atomic E-state index is -0.454. The van der Waals surface area contributed by atoms with Crippen LogP contribution in [-0.2, 0) is 4.74 Å². The van der Waals surface area contributed by atoms with E-state index in [-0.39, 0.29) is 11.3 Å². The van der Waals surface area contributed by atoms with Crippen molar-refractivity contribution in [2.24, 2.45) is 5.10 Å². The van der Waals surface area contributed by atoms with Gasteiger partial charge in [-0.05, 0) is 40.6 Å². The fraction of sp³-hybridized carbons (Fsp3) is 0.182. The lowest BCUT2D eigenvalue weighted by Gasteiger charge is -2.28. The Morgan fingerprint density at radius 3 is 2.43 bits per heavy atom. The predicted molar refractivity (Wildman–Crippen MR) is 110 cm³/mol. The van der Waals surface area contributed by atoms with E-state index in [0.29, 0.717) is 0 Å². The zero-order chi connectivity index (χ0) is 19.3. The SMILES string of the molecule is O=C(NN=Cc1ccc(N2CCOCC2)cc1)c1cc2ccccc2cc1O. The van der Waals surface area contributed by atoms with E-state index in [4.69, 9.17) is 4.74 Å². The van der Waals surface area contributed by atoms with Crippen molar-refractivity contribution in [1.82, 2.24) is 5.43 Å². The summed E-state index contributed by atoms with van der Waals surface area (Å²) in [5.41, 5.74) is 4.69. The second-order valence-electron chi connectivity index (χ2n) is 6.61. The summed E-state index contributed by atoms with van der Waals surface area (Å²) < 4.78 is 5.37. The molecule has 0 saturated carbocycles. The summed E-state index contributed by atoms with van der Waals surface area (Å²) in [6.07, 6.45) is 1.58. The maximum Gasteiger partial charge on any atom is 0.275 e. The molecule has 142 valence electrons. The second-order valence-corrected chi connectivity index (χ2v) is 6.61. The maximum atomic E-state index is 12.4. The number of anilines is 1. The van der Waals surface area contributed by atoms with Gasteiger partial charge in [-0.3, -0.25) is 4.79 Å². The van der Waals surface area contributed by atoms with Crippen molar-refractivity contribution < 1.29 is 14.6 Å². The summed E-state index contributed by atoms with van der Waals surface area (Å²) in [4.78, 5) is 14.6. The van der Waals surface area contributed by atoms with Gasteiger partial charge in [0.05, 0.1) is 25.0 Å². The fourth-order valence-corrected chi connectivity index (χ4v) is 3.23. The van der Waals surface area contributed by atoms with E-state index in [1.54, 1.807) is 18.3 Å². The van der Waals surface area contributed by atoms with E-state index < -0.39 is 5.91 Å². The summed E-state index contributed by atoms with van der Waals surface area (Å²) in [5.74, 6) is -0.522. The summed E-state index contributed by atoms with van der Waals surface area (Å²) in [6.45, 7) is 3.27. The van der Waals surface area contributed by atoms with Crippen LogP contribution >= 0.6 is 0 Å². The molecule has 0 unspecified atom stereocenters. The fourth-order valence-electron chi connectivity index (χ4n) is 3.23. The largest absolute Gasteiger partial charge is 0.507 e. The van der Waals surface area contributed by atoms with E-state index in [9.17, 15) is 9.90 Å². The number of nitrogens with one attached hydrogen (secondary N) is 1. The zero-order valence-corrected chi connectivity index (χ0v) is 15.3. The molecule has 3 aromatic rings. The Hall–Kier alpha value is -3.38. The number of nitrogens with zero attached hydrogens (tertiary/aromatic N) is 2. The van der Waals surface area contributed by atoms with Gasteiger partial charge in [0.2, 0.25) is 0 Å².